The minimum absolute atomic E-state index is 0.157. The van der Waals surface area contributed by atoms with Crippen molar-refractivity contribution in [3.63, 3.8) is 0 Å². The van der Waals surface area contributed by atoms with Gasteiger partial charge in [0.05, 0.1) is 12.6 Å². The number of rotatable bonds is 5. The highest BCUT2D eigenvalue weighted by Gasteiger charge is 2.28. The number of amides is 1. The van der Waals surface area contributed by atoms with Crippen LogP contribution in [0.15, 0.2) is 36.9 Å². The van der Waals surface area contributed by atoms with Gasteiger partial charge in [0.25, 0.3) is 0 Å². The van der Waals surface area contributed by atoms with Gasteiger partial charge in [0, 0.05) is 19.5 Å². The van der Waals surface area contributed by atoms with E-state index in [1.165, 1.54) is 6.33 Å². The summed E-state index contributed by atoms with van der Waals surface area (Å²) in [7, 11) is 0. The Labute approximate surface area is 127 Å². The number of halogens is 1. The smallest absolute Gasteiger partial charge is 0.237 e. The fraction of sp³-hybridized carbons (Fsp3) is 0.400. The molecule has 0 saturated carbocycles. The second kappa shape index (κ2) is 6.65. The highest BCUT2D eigenvalue weighted by atomic mass is 19.1. The van der Waals surface area contributed by atoms with E-state index in [-0.39, 0.29) is 18.9 Å². The molecular formula is C15H18FN5O. The lowest BCUT2D eigenvalue weighted by Crippen LogP contribution is -2.40. The van der Waals surface area contributed by atoms with E-state index in [0.717, 1.165) is 11.1 Å². The van der Waals surface area contributed by atoms with Crippen molar-refractivity contribution < 1.29 is 9.18 Å². The van der Waals surface area contributed by atoms with Gasteiger partial charge in [-0.3, -0.25) is 4.79 Å². The van der Waals surface area contributed by atoms with Gasteiger partial charge >= 0.3 is 0 Å². The number of benzene rings is 1. The van der Waals surface area contributed by atoms with Crippen LogP contribution in [0.25, 0.3) is 0 Å². The SMILES string of the molecule is O=C(NCc1ccccc1Cn1cncn1)[C@H]1C[C@H](F)CN1. The first-order valence-electron chi connectivity index (χ1n) is 7.27. The molecule has 1 aliphatic heterocycles. The van der Waals surface area contributed by atoms with Gasteiger partial charge in [0.2, 0.25) is 5.91 Å². The third-order valence-electron chi connectivity index (χ3n) is 3.76. The van der Waals surface area contributed by atoms with Crippen LogP contribution in [0.2, 0.25) is 0 Å². The van der Waals surface area contributed by atoms with Crippen LogP contribution in [0, 0.1) is 0 Å². The minimum Gasteiger partial charge on any atom is -0.351 e. The molecular weight excluding hydrogens is 285 g/mol. The maximum atomic E-state index is 13.1. The van der Waals surface area contributed by atoms with Crippen LogP contribution in [0.3, 0.4) is 0 Å². The van der Waals surface area contributed by atoms with Crippen molar-refractivity contribution in [2.24, 2.45) is 0 Å². The van der Waals surface area contributed by atoms with Crippen LogP contribution < -0.4 is 10.6 Å². The van der Waals surface area contributed by atoms with Crippen LogP contribution in [-0.2, 0) is 17.9 Å². The first kappa shape index (κ1) is 14.6. The first-order chi connectivity index (χ1) is 10.7. The summed E-state index contributed by atoms with van der Waals surface area (Å²) in [5.74, 6) is -0.157. The quantitative estimate of drug-likeness (QED) is 0.850. The lowest BCUT2D eigenvalue weighted by atomic mass is 10.1. The number of aromatic nitrogens is 3. The molecule has 0 spiro atoms. The van der Waals surface area contributed by atoms with E-state index in [1.807, 2.05) is 24.3 Å². The number of carbonyl (C=O) groups is 1. The highest BCUT2D eigenvalue weighted by Crippen LogP contribution is 2.12. The molecule has 22 heavy (non-hydrogen) atoms. The van der Waals surface area contributed by atoms with E-state index in [4.69, 9.17) is 0 Å². The van der Waals surface area contributed by atoms with Gasteiger partial charge in [-0.15, -0.1) is 0 Å². The van der Waals surface area contributed by atoms with E-state index in [2.05, 4.69) is 20.7 Å². The summed E-state index contributed by atoms with van der Waals surface area (Å²) in [5.41, 5.74) is 2.08. The van der Waals surface area contributed by atoms with E-state index < -0.39 is 12.2 Å². The Hall–Kier alpha value is -2.28. The van der Waals surface area contributed by atoms with Crippen molar-refractivity contribution in [1.29, 1.82) is 0 Å². The van der Waals surface area contributed by atoms with Gasteiger partial charge in [-0.25, -0.2) is 14.1 Å². The Morgan fingerprint density at radius 2 is 2.23 bits per heavy atom. The lowest BCUT2D eigenvalue weighted by Gasteiger charge is -2.13. The normalized spacial score (nSPS) is 21.0. The second-order valence-electron chi connectivity index (χ2n) is 5.37. The van der Waals surface area contributed by atoms with E-state index >= 15 is 0 Å². The van der Waals surface area contributed by atoms with Gasteiger partial charge in [-0.05, 0) is 11.1 Å². The molecule has 1 amide bonds. The third-order valence-corrected chi connectivity index (χ3v) is 3.76. The number of nitrogens with one attached hydrogen (secondary N) is 2. The molecule has 1 fully saturated rings. The minimum atomic E-state index is -0.935. The molecule has 2 N–H and O–H groups in total. The molecule has 1 saturated heterocycles. The number of carbonyl (C=O) groups excluding carboxylic acids is 1. The molecule has 0 bridgehead atoms. The van der Waals surface area contributed by atoms with Crippen molar-refractivity contribution in [2.45, 2.75) is 31.7 Å². The molecule has 2 aromatic rings. The van der Waals surface area contributed by atoms with Crippen molar-refractivity contribution in [3.05, 3.63) is 48.0 Å². The number of alkyl halides is 1. The Bertz CT molecular complexity index is 631. The predicted molar refractivity (Wildman–Crippen MR) is 78.7 cm³/mol. The summed E-state index contributed by atoms with van der Waals surface area (Å²) in [6.07, 6.45) is 2.45. The molecule has 3 rings (SSSR count). The Morgan fingerprint density at radius 1 is 1.41 bits per heavy atom. The van der Waals surface area contributed by atoms with Crippen LogP contribution >= 0.6 is 0 Å². The molecule has 1 aromatic heterocycles. The third kappa shape index (κ3) is 3.48. The molecule has 0 unspecified atom stereocenters. The molecule has 116 valence electrons. The van der Waals surface area contributed by atoms with Crippen molar-refractivity contribution >= 4 is 5.91 Å². The predicted octanol–water partition coefficient (Wildman–Crippen LogP) is 0.643. The summed E-state index contributed by atoms with van der Waals surface area (Å²) in [6, 6.07) is 7.40. The Kier molecular flexibility index (Phi) is 4.43. The summed E-state index contributed by atoms with van der Waals surface area (Å²) in [5, 5.41) is 9.84. The Morgan fingerprint density at radius 3 is 2.91 bits per heavy atom. The summed E-state index contributed by atoms with van der Waals surface area (Å²) in [6.45, 7) is 1.26. The summed E-state index contributed by atoms with van der Waals surface area (Å²) >= 11 is 0. The molecule has 2 heterocycles. The molecule has 1 aliphatic rings. The monoisotopic (exact) mass is 303 g/mol. The maximum absolute atomic E-state index is 13.1. The fourth-order valence-corrected chi connectivity index (χ4v) is 2.57. The van der Waals surface area contributed by atoms with Crippen molar-refractivity contribution in [1.82, 2.24) is 25.4 Å². The second-order valence-corrected chi connectivity index (χ2v) is 5.37. The molecule has 6 nitrogen and oxygen atoms in total. The molecule has 2 atom stereocenters. The average Bonchev–Trinajstić information content (AvgIpc) is 3.18. The van der Waals surface area contributed by atoms with E-state index in [0.29, 0.717) is 13.1 Å². The average molecular weight is 303 g/mol. The zero-order valence-corrected chi connectivity index (χ0v) is 12.1. The zero-order valence-electron chi connectivity index (χ0n) is 12.1. The van der Waals surface area contributed by atoms with Crippen molar-refractivity contribution in [3.8, 4) is 0 Å². The van der Waals surface area contributed by atoms with Gasteiger partial charge in [-0.1, -0.05) is 24.3 Å². The van der Waals surface area contributed by atoms with Crippen LogP contribution in [0.1, 0.15) is 17.5 Å². The zero-order chi connectivity index (χ0) is 15.4. The lowest BCUT2D eigenvalue weighted by molar-refractivity contribution is -0.123. The van der Waals surface area contributed by atoms with Gasteiger partial charge in [-0.2, -0.15) is 5.10 Å². The largest absolute Gasteiger partial charge is 0.351 e. The van der Waals surface area contributed by atoms with Gasteiger partial charge < -0.3 is 10.6 Å². The van der Waals surface area contributed by atoms with Crippen LogP contribution in [0.5, 0.6) is 0 Å². The number of hydrogen-bond donors (Lipinski definition) is 2. The number of nitrogens with zero attached hydrogens (tertiary/aromatic N) is 3. The fourth-order valence-electron chi connectivity index (χ4n) is 2.57. The van der Waals surface area contributed by atoms with Gasteiger partial charge in [0.1, 0.15) is 18.8 Å². The Balaban J connectivity index is 1.61. The molecule has 1 aromatic carbocycles. The molecule has 7 heteroatoms. The summed E-state index contributed by atoms with van der Waals surface area (Å²) < 4.78 is 14.8. The standard InChI is InChI=1S/C15H18FN5O/c16-13-5-14(18-7-13)15(22)19-6-11-3-1-2-4-12(11)8-21-10-17-9-20-21/h1-4,9-10,13-14,18H,5-8H2,(H,19,22)/t13-,14+/m0/s1. The highest BCUT2D eigenvalue weighted by molar-refractivity contribution is 5.82. The summed E-state index contributed by atoms with van der Waals surface area (Å²) in [4.78, 5) is 15.9. The van der Waals surface area contributed by atoms with E-state index in [1.54, 1.807) is 11.0 Å². The van der Waals surface area contributed by atoms with E-state index in [9.17, 15) is 9.18 Å². The van der Waals surface area contributed by atoms with Crippen molar-refractivity contribution in [2.75, 3.05) is 6.54 Å². The molecule has 0 radical (unpaired) electrons. The molecule has 0 aliphatic carbocycles. The number of hydrogen-bond acceptors (Lipinski definition) is 4. The topological polar surface area (TPSA) is 71.8 Å². The van der Waals surface area contributed by atoms with Crippen LogP contribution in [0.4, 0.5) is 4.39 Å². The maximum Gasteiger partial charge on any atom is 0.237 e. The van der Waals surface area contributed by atoms with Gasteiger partial charge in [0.15, 0.2) is 0 Å². The first-order valence-corrected chi connectivity index (χ1v) is 7.27. The van der Waals surface area contributed by atoms with Crippen LogP contribution in [-0.4, -0.2) is 39.4 Å².